The summed E-state index contributed by atoms with van der Waals surface area (Å²) in [6, 6.07) is 1.84. The van der Waals surface area contributed by atoms with Crippen LogP contribution in [0.2, 0.25) is 0 Å². The van der Waals surface area contributed by atoms with Crippen molar-refractivity contribution < 1.29 is 4.42 Å². The third-order valence-corrected chi connectivity index (χ3v) is 3.35. The minimum atomic E-state index is 0.643. The van der Waals surface area contributed by atoms with E-state index in [4.69, 9.17) is 10.3 Å². The van der Waals surface area contributed by atoms with Crippen LogP contribution in [0.5, 0.6) is 0 Å². The van der Waals surface area contributed by atoms with Gasteiger partial charge in [0.15, 0.2) is 5.82 Å². The van der Waals surface area contributed by atoms with E-state index in [1.54, 1.807) is 18.0 Å². The predicted molar refractivity (Wildman–Crippen MR) is 63.6 cm³/mol. The van der Waals surface area contributed by atoms with Crippen LogP contribution < -0.4 is 5.84 Å². The standard InChI is InChI=1S/C10H14N4OS/c1-3-6-16-10-13-12-9(14(10)11)8-4-5-15-7(8)2/h4-5H,3,6,11H2,1-2H3. The Kier molecular flexibility index (Phi) is 3.19. The second-order valence-electron chi connectivity index (χ2n) is 3.42. The molecule has 0 spiro atoms. The molecule has 2 heterocycles. The molecule has 5 nitrogen and oxygen atoms in total. The first-order valence-corrected chi connectivity index (χ1v) is 6.10. The van der Waals surface area contributed by atoms with Crippen molar-refractivity contribution in [2.75, 3.05) is 11.6 Å². The molecule has 0 atom stereocenters. The molecule has 0 aliphatic rings. The highest BCUT2D eigenvalue weighted by Crippen LogP contribution is 2.24. The maximum Gasteiger partial charge on any atom is 0.210 e. The molecule has 0 unspecified atom stereocenters. The van der Waals surface area contributed by atoms with Crippen molar-refractivity contribution in [2.45, 2.75) is 25.4 Å². The van der Waals surface area contributed by atoms with Crippen LogP contribution in [0, 0.1) is 6.92 Å². The Morgan fingerprint density at radius 3 is 2.94 bits per heavy atom. The highest BCUT2D eigenvalue weighted by atomic mass is 32.2. The average molecular weight is 238 g/mol. The zero-order valence-electron chi connectivity index (χ0n) is 9.30. The maximum atomic E-state index is 5.93. The van der Waals surface area contributed by atoms with E-state index in [1.165, 1.54) is 4.68 Å². The molecule has 2 aromatic rings. The van der Waals surface area contributed by atoms with E-state index in [0.29, 0.717) is 5.82 Å². The Bertz CT molecular complexity index is 477. The van der Waals surface area contributed by atoms with E-state index >= 15 is 0 Å². The summed E-state index contributed by atoms with van der Waals surface area (Å²) in [7, 11) is 0. The molecule has 0 bridgehead atoms. The Morgan fingerprint density at radius 1 is 1.50 bits per heavy atom. The van der Waals surface area contributed by atoms with Crippen LogP contribution in [0.25, 0.3) is 11.4 Å². The number of nitrogens with two attached hydrogens (primary N) is 1. The van der Waals surface area contributed by atoms with Gasteiger partial charge in [-0.3, -0.25) is 0 Å². The zero-order valence-corrected chi connectivity index (χ0v) is 10.1. The molecule has 16 heavy (non-hydrogen) atoms. The minimum absolute atomic E-state index is 0.643. The summed E-state index contributed by atoms with van der Waals surface area (Å²) in [4.78, 5) is 0. The van der Waals surface area contributed by atoms with Crippen molar-refractivity contribution in [1.82, 2.24) is 14.9 Å². The summed E-state index contributed by atoms with van der Waals surface area (Å²) in [5.41, 5.74) is 0.887. The van der Waals surface area contributed by atoms with E-state index in [0.717, 1.165) is 28.7 Å². The molecule has 0 radical (unpaired) electrons. The van der Waals surface area contributed by atoms with Crippen LogP contribution in [-0.2, 0) is 0 Å². The Morgan fingerprint density at radius 2 is 2.31 bits per heavy atom. The summed E-state index contributed by atoms with van der Waals surface area (Å²) in [6.07, 6.45) is 2.70. The van der Waals surface area contributed by atoms with E-state index in [-0.39, 0.29) is 0 Å². The highest BCUT2D eigenvalue weighted by molar-refractivity contribution is 7.99. The summed E-state index contributed by atoms with van der Waals surface area (Å²) in [5.74, 6) is 8.36. The SMILES string of the molecule is CCCSc1nnc(-c2ccoc2C)n1N. The van der Waals surface area contributed by atoms with Gasteiger partial charge in [-0.05, 0) is 19.4 Å². The van der Waals surface area contributed by atoms with Gasteiger partial charge in [0.2, 0.25) is 5.16 Å². The second-order valence-corrected chi connectivity index (χ2v) is 4.48. The molecule has 86 valence electrons. The Hall–Kier alpha value is -1.43. The largest absolute Gasteiger partial charge is 0.469 e. The fourth-order valence-corrected chi connectivity index (χ4v) is 2.08. The Balaban J connectivity index is 2.30. The lowest BCUT2D eigenvalue weighted by atomic mass is 10.2. The molecule has 0 fully saturated rings. The van der Waals surface area contributed by atoms with Crippen LogP contribution >= 0.6 is 11.8 Å². The number of aryl methyl sites for hydroxylation is 1. The minimum Gasteiger partial charge on any atom is -0.469 e. The molecule has 0 saturated carbocycles. The molecular weight excluding hydrogens is 224 g/mol. The quantitative estimate of drug-likeness (QED) is 0.652. The fourth-order valence-electron chi connectivity index (χ4n) is 1.37. The van der Waals surface area contributed by atoms with E-state index in [9.17, 15) is 0 Å². The molecule has 2 rings (SSSR count). The van der Waals surface area contributed by atoms with Crippen molar-refractivity contribution in [1.29, 1.82) is 0 Å². The monoisotopic (exact) mass is 238 g/mol. The number of thioether (sulfide) groups is 1. The molecule has 0 aliphatic carbocycles. The van der Waals surface area contributed by atoms with E-state index < -0.39 is 0 Å². The number of furan rings is 1. The van der Waals surface area contributed by atoms with Crippen LogP contribution in [-0.4, -0.2) is 20.6 Å². The number of rotatable bonds is 4. The van der Waals surface area contributed by atoms with Gasteiger partial charge in [0.05, 0.1) is 11.8 Å². The van der Waals surface area contributed by atoms with Crippen LogP contribution in [0.1, 0.15) is 19.1 Å². The average Bonchev–Trinajstić information content (AvgIpc) is 2.83. The van der Waals surface area contributed by atoms with Gasteiger partial charge in [-0.25, -0.2) is 4.68 Å². The van der Waals surface area contributed by atoms with Crippen molar-refractivity contribution in [2.24, 2.45) is 0 Å². The second kappa shape index (κ2) is 4.61. The van der Waals surface area contributed by atoms with E-state index in [1.807, 2.05) is 13.0 Å². The lowest BCUT2D eigenvalue weighted by molar-refractivity contribution is 0.535. The summed E-state index contributed by atoms with van der Waals surface area (Å²) in [6.45, 7) is 3.99. The van der Waals surface area contributed by atoms with Crippen LogP contribution in [0.15, 0.2) is 21.9 Å². The zero-order chi connectivity index (χ0) is 11.5. The van der Waals surface area contributed by atoms with Gasteiger partial charge in [0.25, 0.3) is 0 Å². The van der Waals surface area contributed by atoms with Crippen molar-refractivity contribution in [3.63, 3.8) is 0 Å². The number of aromatic nitrogens is 3. The van der Waals surface area contributed by atoms with Crippen molar-refractivity contribution in [3.8, 4) is 11.4 Å². The van der Waals surface area contributed by atoms with Gasteiger partial charge < -0.3 is 10.3 Å². The van der Waals surface area contributed by atoms with Crippen molar-refractivity contribution >= 4 is 11.8 Å². The maximum absolute atomic E-state index is 5.93. The van der Waals surface area contributed by atoms with E-state index in [2.05, 4.69) is 17.1 Å². The van der Waals surface area contributed by atoms with Gasteiger partial charge in [0.1, 0.15) is 5.76 Å². The fraction of sp³-hybridized carbons (Fsp3) is 0.400. The third kappa shape index (κ3) is 1.92. The molecule has 0 aromatic carbocycles. The molecule has 2 N–H and O–H groups in total. The number of hydrogen-bond acceptors (Lipinski definition) is 5. The normalized spacial score (nSPS) is 10.9. The topological polar surface area (TPSA) is 69.9 Å². The van der Waals surface area contributed by atoms with Gasteiger partial charge in [-0.15, -0.1) is 10.2 Å². The first-order chi connectivity index (χ1) is 7.74. The highest BCUT2D eigenvalue weighted by Gasteiger charge is 2.14. The molecule has 0 aliphatic heterocycles. The van der Waals surface area contributed by atoms with Gasteiger partial charge in [-0.1, -0.05) is 18.7 Å². The summed E-state index contributed by atoms with van der Waals surface area (Å²) < 4.78 is 6.73. The third-order valence-electron chi connectivity index (χ3n) is 2.20. The summed E-state index contributed by atoms with van der Waals surface area (Å²) in [5, 5.41) is 8.87. The van der Waals surface area contributed by atoms with Crippen LogP contribution in [0.4, 0.5) is 0 Å². The predicted octanol–water partition coefficient (Wildman–Crippen LogP) is 2.06. The number of nitrogen functional groups attached to an aromatic ring is 1. The lowest BCUT2D eigenvalue weighted by Crippen LogP contribution is -2.11. The van der Waals surface area contributed by atoms with Gasteiger partial charge in [-0.2, -0.15) is 0 Å². The number of hydrogen-bond donors (Lipinski definition) is 1. The first-order valence-electron chi connectivity index (χ1n) is 5.11. The smallest absolute Gasteiger partial charge is 0.210 e. The first kappa shape index (κ1) is 11.1. The molecular formula is C10H14N4OS. The lowest BCUT2D eigenvalue weighted by Gasteiger charge is -2.01. The van der Waals surface area contributed by atoms with Crippen molar-refractivity contribution in [3.05, 3.63) is 18.1 Å². The molecule has 0 amide bonds. The van der Waals surface area contributed by atoms with Gasteiger partial charge >= 0.3 is 0 Å². The van der Waals surface area contributed by atoms with Crippen LogP contribution in [0.3, 0.4) is 0 Å². The van der Waals surface area contributed by atoms with Gasteiger partial charge in [0, 0.05) is 5.75 Å². The Labute approximate surface area is 98.0 Å². The molecule has 6 heteroatoms. The summed E-state index contributed by atoms with van der Waals surface area (Å²) >= 11 is 1.60. The molecule has 2 aromatic heterocycles. The molecule has 0 saturated heterocycles. The number of nitrogens with zero attached hydrogens (tertiary/aromatic N) is 3.